The predicted molar refractivity (Wildman–Crippen MR) is 124 cm³/mol. The standard InChI is InChI=1S/C8H6O4.C8H8O2.C7H6O2.CO2.CH4/c9-7(10)5-2-1-3-6(4-5)8(11)12;1-6-2-4-7(5-3-6)8(9)10;8-7(9)6-4-2-1-3-5-6;2-1-3;/h1-4H,(H,9,10)(H,11,12);2-5H,1H3,(H,9,10);1-5H,(H,8,9);;1H4. The molecule has 0 radical (unpaired) electrons. The van der Waals surface area contributed by atoms with E-state index in [1.165, 1.54) is 18.2 Å². The van der Waals surface area contributed by atoms with Gasteiger partial charge in [0.05, 0.1) is 22.3 Å². The molecule has 0 amide bonds. The van der Waals surface area contributed by atoms with Crippen molar-refractivity contribution in [3.8, 4) is 0 Å². The van der Waals surface area contributed by atoms with Crippen LogP contribution in [0, 0.1) is 6.92 Å². The number of carboxylic acids is 4. The van der Waals surface area contributed by atoms with Gasteiger partial charge in [0.15, 0.2) is 0 Å². The summed E-state index contributed by atoms with van der Waals surface area (Å²) in [5.74, 6) is -4.01. The zero-order valence-electron chi connectivity index (χ0n) is 17.7. The average molecular weight is 484 g/mol. The summed E-state index contributed by atoms with van der Waals surface area (Å²) in [6, 6.07) is 20.2. The predicted octanol–water partition coefficient (Wildman–Crippen LogP) is 4.21. The highest BCUT2D eigenvalue weighted by atomic mass is 16.4. The van der Waals surface area contributed by atoms with Crippen LogP contribution in [0.1, 0.15) is 54.4 Å². The maximum atomic E-state index is 10.4. The van der Waals surface area contributed by atoms with Crippen molar-refractivity contribution in [2.24, 2.45) is 0 Å². The third kappa shape index (κ3) is 13.8. The molecule has 10 heteroatoms. The van der Waals surface area contributed by atoms with Gasteiger partial charge >= 0.3 is 30.0 Å². The molecule has 3 rings (SSSR count). The molecule has 0 aromatic heterocycles. The molecule has 0 fully saturated rings. The minimum atomic E-state index is -1.13. The molecular weight excluding hydrogens is 460 g/mol. The van der Waals surface area contributed by atoms with E-state index in [1.807, 2.05) is 6.92 Å². The molecule has 0 saturated carbocycles. The molecular formula is C25H24O10. The Morgan fingerprint density at radius 2 is 0.857 bits per heavy atom. The van der Waals surface area contributed by atoms with E-state index in [-0.39, 0.29) is 24.7 Å². The summed E-state index contributed by atoms with van der Waals surface area (Å²) in [7, 11) is 0. The number of aromatic carboxylic acids is 4. The highest BCUT2D eigenvalue weighted by Crippen LogP contribution is 2.05. The van der Waals surface area contributed by atoms with Crippen molar-refractivity contribution in [1.82, 2.24) is 0 Å². The lowest BCUT2D eigenvalue weighted by molar-refractivity contribution is -0.191. The highest BCUT2D eigenvalue weighted by molar-refractivity contribution is 5.93. The van der Waals surface area contributed by atoms with Gasteiger partial charge in [0.25, 0.3) is 0 Å². The molecule has 0 bridgehead atoms. The second-order valence-electron chi connectivity index (χ2n) is 6.12. The van der Waals surface area contributed by atoms with Gasteiger partial charge in [-0.15, -0.1) is 0 Å². The molecule has 0 saturated heterocycles. The molecule has 0 spiro atoms. The summed E-state index contributed by atoms with van der Waals surface area (Å²) in [4.78, 5) is 57.5. The molecule has 0 aliphatic rings. The number of aryl methyl sites for hydroxylation is 1. The molecule has 0 aliphatic carbocycles. The first kappa shape index (κ1) is 32.1. The minimum absolute atomic E-state index is 0. The van der Waals surface area contributed by atoms with Crippen molar-refractivity contribution in [3.05, 3.63) is 107 Å². The largest absolute Gasteiger partial charge is 0.478 e. The smallest absolute Gasteiger partial charge is 0.373 e. The topological polar surface area (TPSA) is 183 Å². The van der Waals surface area contributed by atoms with Crippen molar-refractivity contribution in [1.29, 1.82) is 0 Å². The van der Waals surface area contributed by atoms with Crippen LogP contribution in [0.3, 0.4) is 0 Å². The molecule has 4 N–H and O–H groups in total. The van der Waals surface area contributed by atoms with Gasteiger partial charge in [-0.2, -0.15) is 9.59 Å². The SMILES string of the molecule is C.Cc1ccc(C(=O)O)cc1.O=C(O)c1cccc(C(=O)O)c1.O=C(O)c1ccccc1.O=C=O. The van der Waals surface area contributed by atoms with Gasteiger partial charge in [-0.1, -0.05) is 49.4 Å². The Morgan fingerprint density at radius 1 is 0.543 bits per heavy atom. The summed E-state index contributed by atoms with van der Waals surface area (Å²) >= 11 is 0. The molecule has 0 unspecified atom stereocenters. The van der Waals surface area contributed by atoms with Crippen LogP contribution in [-0.4, -0.2) is 50.5 Å². The summed E-state index contributed by atoms with van der Waals surface area (Å²) in [6.07, 6.45) is 0.250. The molecule has 3 aromatic rings. The van der Waals surface area contributed by atoms with Crippen molar-refractivity contribution in [2.75, 3.05) is 0 Å². The number of carboxylic acid groups (broad SMARTS) is 4. The van der Waals surface area contributed by atoms with Crippen LogP contribution >= 0.6 is 0 Å². The third-order valence-corrected chi connectivity index (χ3v) is 3.68. The Kier molecular flexibility index (Phi) is 16.0. The van der Waals surface area contributed by atoms with Crippen LogP contribution in [0.5, 0.6) is 0 Å². The van der Waals surface area contributed by atoms with E-state index in [0.717, 1.165) is 11.6 Å². The fourth-order valence-electron chi connectivity index (χ4n) is 2.06. The summed E-state index contributed by atoms with van der Waals surface area (Å²) < 4.78 is 0. The Bertz CT molecular complexity index is 1100. The Morgan fingerprint density at radius 3 is 1.17 bits per heavy atom. The first-order valence-corrected chi connectivity index (χ1v) is 9.17. The number of carbonyl (C=O) groups excluding carboxylic acids is 2. The molecule has 35 heavy (non-hydrogen) atoms. The van der Waals surface area contributed by atoms with Crippen LogP contribution in [0.15, 0.2) is 78.9 Å². The first-order chi connectivity index (χ1) is 16.0. The highest BCUT2D eigenvalue weighted by Gasteiger charge is 2.06. The van der Waals surface area contributed by atoms with E-state index in [4.69, 9.17) is 30.0 Å². The quantitative estimate of drug-likeness (QED) is 0.418. The van der Waals surface area contributed by atoms with Gasteiger partial charge in [-0.3, -0.25) is 0 Å². The zero-order valence-corrected chi connectivity index (χ0v) is 17.7. The molecule has 3 aromatic carbocycles. The first-order valence-electron chi connectivity index (χ1n) is 9.17. The molecule has 184 valence electrons. The van der Waals surface area contributed by atoms with Gasteiger partial charge in [-0.25, -0.2) is 19.2 Å². The zero-order chi connectivity index (χ0) is 26.1. The second kappa shape index (κ2) is 17.5. The van der Waals surface area contributed by atoms with Crippen LogP contribution in [0.4, 0.5) is 0 Å². The molecule has 0 heterocycles. The van der Waals surface area contributed by atoms with E-state index < -0.39 is 23.9 Å². The minimum Gasteiger partial charge on any atom is -0.478 e. The van der Waals surface area contributed by atoms with Crippen molar-refractivity contribution in [3.63, 3.8) is 0 Å². The molecule has 10 nitrogen and oxygen atoms in total. The fourth-order valence-corrected chi connectivity index (χ4v) is 2.06. The van der Waals surface area contributed by atoms with E-state index >= 15 is 0 Å². The average Bonchev–Trinajstić information content (AvgIpc) is 2.81. The van der Waals surface area contributed by atoms with Crippen LogP contribution < -0.4 is 0 Å². The van der Waals surface area contributed by atoms with Crippen LogP contribution in [0.25, 0.3) is 0 Å². The molecule has 0 aliphatic heterocycles. The second-order valence-corrected chi connectivity index (χ2v) is 6.12. The third-order valence-electron chi connectivity index (χ3n) is 3.68. The van der Waals surface area contributed by atoms with E-state index in [2.05, 4.69) is 0 Å². The summed E-state index contributed by atoms with van der Waals surface area (Å²) in [6.45, 7) is 1.92. The van der Waals surface area contributed by atoms with Gasteiger partial charge in [-0.05, 0) is 49.4 Å². The van der Waals surface area contributed by atoms with Gasteiger partial charge in [0.1, 0.15) is 0 Å². The lowest BCUT2D eigenvalue weighted by atomic mass is 10.1. The number of benzene rings is 3. The lowest BCUT2D eigenvalue weighted by Crippen LogP contribution is -2.01. The summed E-state index contributed by atoms with van der Waals surface area (Å²) in [5.41, 5.74) is 1.71. The Hall–Kier alpha value is -5.08. The molecule has 0 atom stereocenters. The number of hydrogen-bond donors (Lipinski definition) is 4. The van der Waals surface area contributed by atoms with Crippen LogP contribution in [0.2, 0.25) is 0 Å². The monoisotopic (exact) mass is 484 g/mol. The number of carbonyl (C=O) groups is 4. The number of hydrogen-bond acceptors (Lipinski definition) is 6. The van der Waals surface area contributed by atoms with Crippen LogP contribution in [-0.2, 0) is 9.59 Å². The Balaban J connectivity index is 0. The van der Waals surface area contributed by atoms with E-state index in [0.29, 0.717) is 11.1 Å². The van der Waals surface area contributed by atoms with Gasteiger partial charge in [0, 0.05) is 0 Å². The van der Waals surface area contributed by atoms with Crippen molar-refractivity contribution < 1.29 is 49.2 Å². The fraction of sp³-hybridized carbons (Fsp3) is 0.0800. The van der Waals surface area contributed by atoms with Gasteiger partial charge < -0.3 is 20.4 Å². The normalized spacial score (nSPS) is 8.37. The van der Waals surface area contributed by atoms with E-state index in [1.54, 1.807) is 54.6 Å². The maximum Gasteiger partial charge on any atom is 0.373 e. The van der Waals surface area contributed by atoms with Crippen molar-refractivity contribution >= 4 is 30.0 Å². The Labute approximate surface area is 200 Å². The van der Waals surface area contributed by atoms with Gasteiger partial charge in [0.2, 0.25) is 0 Å². The number of rotatable bonds is 4. The summed E-state index contributed by atoms with van der Waals surface area (Å²) in [5, 5.41) is 33.9. The van der Waals surface area contributed by atoms with E-state index in [9.17, 15) is 19.2 Å². The van der Waals surface area contributed by atoms with Crippen molar-refractivity contribution in [2.45, 2.75) is 14.4 Å². The lowest BCUT2D eigenvalue weighted by Gasteiger charge is -1.95. The maximum absolute atomic E-state index is 10.4.